The van der Waals surface area contributed by atoms with Crippen LogP contribution in [0.25, 0.3) is 0 Å². The molecule has 0 atom stereocenters. The number of benzene rings is 1. The molecule has 0 fully saturated rings. The average molecular weight is 305 g/mol. The molecule has 0 spiro atoms. The van der Waals surface area contributed by atoms with E-state index >= 15 is 0 Å². The fourth-order valence-electron chi connectivity index (χ4n) is 1.39. The molecule has 0 radical (unpaired) electrons. The maximum Gasteiger partial charge on any atom is 0.407 e. The van der Waals surface area contributed by atoms with Crippen molar-refractivity contribution in [2.75, 3.05) is 6.54 Å². The van der Waals surface area contributed by atoms with Gasteiger partial charge in [-0.15, -0.1) is 0 Å². The minimum atomic E-state index is -0.507. The maximum absolute atomic E-state index is 11.4. The van der Waals surface area contributed by atoms with Crippen LogP contribution in [0.2, 0.25) is 5.02 Å². The van der Waals surface area contributed by atoms with Crippen molar-refractivity contribution in [2.24, 2.45) is 0 Å². The standard InChI is InChI=1S/C16H17ClN2O2/c1-16(2,3)21-15(20)19-9-5-4-6-12-7-8-14(17)13(10-12)11-18/h7-8,10H,5,9H2,1-3H3,(H,19,20). The molecule has 5 heteroatoms. The van der Waals surface area contributed by atoms with Crippen LogP contribution in [0.15, 0.2) is 18.2 Å². The summed E-state index contributed by atoms with van der Waals surface area (Å²) in [5.74, 6) is 5.83. The van der Waals surface area contributed by atoms with Gasteiger partial charge in [0.05, 0.1) is 10.6 Å². The third kappa shape index (κ3) is 6.70. The van der Waals surface area contributed by atoms with E-state index in [0.29, 0.717) is 29.1 Å². The van der Waals surface area contributed by atoms with Crippen molar-refractivity contribution in [1.29, 1.82) is 5.26 Å². The zero-order chi connectivity index (χ0) is 15.9. The molecular formula is C16H17ClN2O2. The van der Waals surface area contributed by atoms with E-state index in [1.54, 1.807) is 39.0 Å². The molecule has 110 valence electrons. The van der Waals surface area contributed by atoms with Gasteiger partial charge in [-0.1, -0.05) is 23.4 Å². The second kappa shape index (κ2) is 7.57. The van der Waals surface area contributed by atoms with Gasteiger partial charge in [0.1, 0.15) is 11.7 Å². The van der Waals surface area contributed by atoms with Crippen molar-refractivity contribution in [1.82, 2.24) is 5.32 Å². The summed E-state index contributed by atoms with van der Waals surface area (Å²) >= 11 is 5.84. The molecule has 0 bridgehead atoms. The lowest BCUT2D eigenvalue weighted by Gasteiger charge is -2.19. The molecule has 0 saturated carbocycles. The topological polar surface area (TPSA) is 62.1 Å². The van der Waals surface area contributed by atoms with Crippen LogP contribution in [0.3, 0.4) is 0 Å². The summed E-state index contributed by atoms with van der Waals surface area (Å²) in [6.07, 6.45) is 0.0339. The van der Waals surface area contributed by atoms with Crippen LogP contribution in [-0.2, 0) is 4.74 Å². The molecule has 1 rings (SSSR count). The lowest BCUT2D eigenvalue weighted by molar-refractivity contribution is 0.0529. The van der Waals surface area contributed by atoms with E-state index in [1.165, 1.54) is 0 Å². The summed E-state index contributed by atoms with van der Waals surface area (Å²) < 4.78 is 5.10. The number of nitriles is 1. The Hall–Kier alpha value is -2.17. The van der Waals surface area contributed by atoms with Gasteiger partial charge in [-0.3, -0.25) is 0 Å². The number of hydrogen-bond donors (Lipinski definition) is 1. The van der Waals surface area contributed by atoms with Gasteiger partial charge in [-0.05, 0) is 39.0 Å². The molecule has 0 aliphatic rings. The van der Waals surface area contributed by atoms with Crippen LogP contribution < -0.4 is 5.32 Å². The summed E-state index contributed by atoms with van der Waals surface area (Å²) in [7, 11) is 0. The van der Waals surface area contributed by atoms with Gasteiger partial charge < -0.3 is 10.1 Å². The number of halogens is 1. The highest BCUT2D eigenvalue weighted by molar-refractivity contribution is 6.31. The van der Waals surface area contributed by atoms with Crippen molar-refractivity contribution < 1.29 is 9.53 Å². The van der Waals surface area contributed by atoms with Crippen molar-refractivity contribution in [2.45, 2.75) is 32.8 Å². The molecule has 0 heterocycles. The second-order valence-electron chi connectivity index (χ2n) is 5.29. The summed E-state index contributed by atoms with van der Waals surface area (Å²) in [4.78, 5) is 11.4. The zero-order valence-corrected chi connectivity index (χ0v) is 13.0. The third-order valence-corrected chi connectivity index (χ3v) is 2.57. The largest absolute Gasteiger partial charge is 0.444 e. The number of amides is 1. The summed E-state index contributed by atoms with van der Waals surface area (Å²) in [5.41, 5.74) is 0.607. The molecule has 0 aliphatic carbocycles. The summed E-state index contributed by atoms with van der Waals surface area (Å²) in [5, 5.41) is 11.9. The van der Waals surface area contributed by atoms with E-state index in [4.69, 9.17) is 21.6 Å². The van der Waals surface area contributed by atoms with Crippen molar-refractivity contribution in [3.05, 3.63) is 34.3 Å². The first-order chi connectivity index (χ1) is 9.81. The Balaban J connectivity index is 2.44. The number of ether oxygens (including phenoxy) is 1. The lowest BCUT2D eigenvalue weighted by Crippen LogP contribution is -2.32. The number of carbonyl (C=O) groups is 1. The molecule has 1 amide bonds. The second-order valence-corrected chi connectivity index (χ2v) is 5.69. The van der Waals surface area contributed by atoms with Gasteiger partial charge in [0.15, 0.2) is 0 Å². The molecule has 0 unspecified atom stereocenters. The Labute approximate surface area is 130 Å². The fourth-order valence-corrected chi connectivity index (χ4v) is 1.55. The molecule has 21 heavy (non-hydrogen) atoms. The van der Waals surface area contributed by atoms with Gasteiger partial charge >= 0.3 is 6.09 Å². The van der Waals surface area contributed by atoms with Gasteiger partial charge in [0, 0.05) is 18.5 Å². The van der Waals surface area contributed by atoms with E-state index in [2.05, 4.69) is 17.2 Å². The number of rotatable bonds is 2. The Bertz CT molecular complexity index is 616. The van der Waals surface area contributed by atoms with Crippen LogP contribution in [0.1, 0.15) is 38.3 Å². The minimum absolute atomic E-state index is 0.398. The van der Waals surface area contributed by atoms with E-state index in [0.717, 1.165) is 0 Å². The van der Waals surface area contributed by atoms with Gasteiger partial charge in [0.2, 0.25) is 0 Å². The molecule has 0 aliphatic heterocycles. The molecule has 0 aromatic heterocycles. The molecule has 0 saturated heterocycles. The van der Waals surface area contributed by atoms with Crippen LogP contribution >= 0.6 is 11.6 Å². The Kier molecular flexibility index (Phi) is 6.09. The summed E-state index contributed by atoms with van der Waals surface area (Å²) in [6.45, 7) is 5.82. The van der Waals surface area contributed by atoms with E-state index in [-0.39, 0.29) is 0 Å². The Morgan fingerprint density at radius 2 is 2.14 bits per heavy atom. The third-order valence-electron chi connectivity index (χ3n) is 2.24. The maximum atomic E-state index is 11.4. The zero-order valence-electron chi connectivity index (χ0n) is 12.3. The van der Waals surface area contributed by atoms with E-state index in [1.807, 2.05) is 6.07 Å². The Morgan fingerprint density at radius 1 is 1.43 bits per heavy atom. The highest BCUT2D eigenvalue weighted by Gasteiger charge is 2.15. The first-order valence-corrected chi connectivity index (χ1v) is 6.85. The van der Waals surface area contributed by atoms with Gasteiger partial charge in [-0.25, -0.2) is 4.79 Å². The number of nitrogens with one attached hydrogen (secondary N) is 1. The van der Waals surface area contributed by atoms with Crippen molar-refractivity contribution in [3.63, 3.8) is 0 Å². The van der Waals surface area contributed by atoms with Gasteiger partial charge in [0.25, 0.3) is 0 Å². The average Bonchev–Trinajstić information content (AvgIpc) is 2.38. The van der Waals surface area contributed by atoms with Crippen molar-refractivity contribution >= 4 is 17.7 Å². The lowest BCUT2D eigenvalue weighted by atomic mass is 10.1. The molecule has 4 nitrogen and oxygen atoms in total. The van der Waals surface area contributed by atoms with Crippen LogP contribution in [0.5, 0.6) is 0 Å². The van der Waals surface area contributed by atoms with E-state index in [9.17, 15) is 4.79 Å². The number of carbonyl (C=O) groups excluding carboxylic acids is 1. The fraction of sp³-hybridized carbons (Fsp3) is 0.375. The van der Waals surface area contributed by atoms with E-state index < -0.39 is 11.7 Å². The predicted molar refractivity (Wildman–Crippen MR) is 81.9 cm³/mol. The highest BCUT2D eigenvalue weighted by atomic mass is 35.5. The summed E-state index contributed by atoms with van der Waals surface area (Å²) in [6, 6.07) is 7.03. The molecule has 1 aromatic carbocycles. The number of nitrogens with zero attached hydrogens (tertiary/aromatic N) is 1. The normalized spacial score (nSPS) is 10.0. The first-order valence-electron chi connectivity index (χ1n) is 6.47. The molecular weight excluding hydrogens is 288 g/mol. The van der Waals surface area contributed by atoms with Crippen LogP contribution in [0, 0.1) is 23.2 Å². The van der Waals surface area contributed by atoms with Crippen LogP contribution in [-0.4, -0.2) is 18.2 Å². The monoisotopic (exact) mass is 304 g/mol. The van der Waals surface area contributed by atoms with Gasteiger partial charge in [-0.2, -0.15) is 5.26 Å². The number of alkyl carbamates (subject to hydrolysis) is 1. The van der Waals surface area contributed by atoms with Crippen LogP contribution in [0.4, 0.5) is 4.79 Å². The van der Waals surface area contributed by atoms with Crippen molar-refractivity contribution in [3.8, 4) is 17.9 Å². The minimum Gasteiger partial charge on any atom is -0.444 e. The first kappa shape index (κ1) is 16.9. The molecule has 1 N–H and O–H groups in total. The smallest absolute Gasteiger partial charge is 0.407 e. The highest BCUT2D eigenvalue weighted by Crippen LogP contribution is 2.15. The quantitative estimate of drug-likeness (QED) is 0.672. The Morgan fingerprint density at radius 3 is 2.76 bits per heavy atom. The SMILES string of the molecule is CC(C)(C)OC(=O)NCCC#Cc1ccc(Cl)c(C#N)c1. The predicted octanol–water partition coefficient (Wildman–Crippen LogP) is 3.48. The molecule has 1 aromatic rings. The number of hydrogen-bond acceptors (Lipinski definition) is 3.